The highest BCUT2D eigenvalue weighted by molar-refractivity contribution is 8.15. The summed E-state index contributed by atoms with van der Waals surface area (Å²) in [5.74, 6) is 3.15. The fourth-order valence-corrected chi connectivity index (χ4v) is 6.32. The number of hydrazone groups is 3. The number of primary amides is 1. The van der Waals surface area contributed by atoms with Crippen molar-refractivity contribution >= 4 is 174 Å². The van der Waals surface area contributed by atoms with Gasteiger partial charge in [0.1, 0.15) is 0 Å². The van der Waals surface area contributed by atoms with Crippen LogP contribution in [-0.2, 0) is 24.0 Å². The minimum Gasteiger partial charge on any atom is -0.465 e. The molecule has 0 aromatic carbocycles. The molecule has 7 amide bonds. The van der Waals surface area contributed by atoms with Crippen molar-refractivity contribution in [2.45, 2.75) is 178 Å². The summed E-state index contributed by atoms with van der Waals surface area (Å²) < 4.78 is 65.9. The number of amidine groups is 5. The first-order valence-corrected chi connectivity index (χ1v) is 35.6. The molecule has 0 saturated carbocycles. The number of carboxylic acid groups (broad SMARTS) is 2. The zero-order valence-electron chi connectivity index (χ0n) is 71.4. The number of carbonyl (C=O) groups excluding carboxylic acids is 5. The van der Waals surface area contributed by atoms with Gasteiger partial charge in [-0.2, -0.15) is 35.5 Å². The molecule has 560 valence electrons. The van der Waals surface area contributed by atoms with Gasteiger partial charge in [0.05, 0.1) is 28.7 Å². The quantitative estimate of drug-likeness (QED) is 0.0199. The van der Waals surface area contributed by atoms with Gasteiger partial charge < -0.3 is 47.2 Å². The molecule has 0 aromatic heterocycles. The van der Waals surface area contributed by atoms with Crippen molar-refractivity contribution in [2.24, 2.45) is 104 Å². The molecular weight excluding hydrogens is 1370 g/mol. The Morgan fingerprint density at radius 3 is 1.52 bits per heavy atom. The van der Waals surface area contributed by atoms with Crippen LogP contribution in [0.15, 0.2) is 51.2 Å². The molecule has 4 aliphatic heterocycles. The maximum Gasteiger partial charge on any atom is 0.430 e. The largest absolute Gasteiger partial charge is 0.465 e. The number of hydrogen-bond acceptors (Lipinski definition) is 30. The second-order valence-electron chi connectivity index (χ2n) is 23.1. The molecule has 13 N–H and O–H groups in total. The Morgan fingerprint density at radius 1 is 0.673 bits per heavy atom. The number of nitrogens with zero attached hydrogens (tertiary/aromatic N) is 13. The Hall–Kier alpha value is -7.45. The average Bonchev–Trinajstić information content (AvgIpc) is 1.74. The third-order valence-corrected chi connectivity index (χ3v) is 14.2. The SMILES string of the molecule is [2H]N1C(=O)CS/C1=N\N=C(/C)C(C)C.[2H]N1C(=O)CS/C1=N\N=C\C(C)C.[2H]N=C(N/N=C(\C)C(C)C)SC.[2H]N=C1SCC(=O)N1/N=C(\C)C(C)C.[2H]N=C1SCC(=O)N1/N=C/C(C)C.[2H]NC(=O)O/N=C/C(C)C.[2H]O/N=C(\C)C(C)C.[2H]O/N=C/C(C)C.[2H]OC(=O)N(C)C(C)C.[2H]OC(=O)NC(C)C. The molecule has 4 fully saturated rings. The molecule has 0 aliphatic carbocycles. The van der Waals surface area contributed by atoms with E-state index in [1.807, 2.05) is 145 Å². The number of nitrogens with two attached hydrogens (primary N) is 1. The molecule has 0 spiro atoms. The minimum absolute atomic E-state index is 0.0350. The second-order valence-corrected chi connectivity index (χ2v) is 27.6. The molecule has 0 bridgehead atoms. The van der Waals surface area contributed by atoms with E-state index in [0.29, 0.717) is 84.4 Å². The summed E-state index contributed by atoms with van der Waals surface area (Å²) in [6.45, 7) is 46.6. The topological polar surface area (TPSA) is 489 Å². The predicted molar refractivity (Wildman–Crippen MR) is 411 cm³/mol. The summed E-state index contributed by atoms with van der Waals surface area (Å²) in [7, 11) is 1.58. The molecule has 4 aliphatic rings. The molecule has 4 rings (SSSR count). The van der Waals surface area contributed by atoms with Crippen molar-refractivity contribution in [2.75, 3.05) is 36.3 Å². The van der Waals surface area contributed by atoms with Crippen molar-refractivity contribution < 1.29 is 70.4 Å². The van der Waals surface area contributed by atoms with Crippen LogP contribution in [0.25, 0.3) is 2.86 Å². The zero-order valence-corrected chi connectivity index (χ0v) is 65.5. The Morgan fingerprint density at radius 2 is 1.17 bits per heavy atom. The van der Waals surface area contributed by atoms with Crippen LogP contribution >= 0.6 is 58.8 Å². The normalized spacial score (nSPS) is 18.1. The number of amides is 7. The van der Waals surface area contributed by atoms with E-state index in [0.717, 1.165) is 33.5 Å². The van der Waals surface area contributed by atoms with Gasteiger partial charge in [-0.25, -0.2) is 14.4 Å². The maximum absolute atomic E-state index is 11.3. The Balaban J connectivity index is -0.000000270. The number of nitrogens with one attached hydrogen (secondary N) is 7. The van der Waals surface area contributed by atoms with Crippen LogP contribution < -0.4 is 27.1 Å². The molecule has 0 radical (unpaired) electrons. The van der Waals surface area contributed by atoms with Crippen molar-refractivity contribution in [1.82, 2.24) is 36.3 Å². The maximum atomic E-state index is 11.3. The molecule has 38 heteroatoms. The first-order valence-electron chi connectivity index (χ1n) is 34.8. The lowest BCUT2D eigenvalue weighted by Gasteiger charge is -2.16. The van der Waals surface area contributed by atoms with Crippen LogP contribution in [0, 0.1) is 63.6 Å². The summed E-state index contributed by atoms with van der Waals surface area (Å²) in [5, 5.41) is 70.1. The highest BCUT2D eigenvalue weighted by Crippen LogP contribution is 2.19. The summed E-state index contributed by atoms with van der Waals surface area (Å²) in [5.41, 5.74) is 7.84. The molecule has 4 heterocycles. The van der Waals surface area contributed by atoms with E-state index in [1.54, 1.807) is 39.5 Å². The first-order chi connectivity index (χ1) is 50.3. The van der Waals surface area contributed by atoms with Crippen molar-refractivity contribution in [3.05, 3.63) is 0 Å². The van der Waals surface area contributed by atoms with Gasteiger partial charge in [-0.1, -0.05) is 180 Å². The van der Waals surface area contributed by atoms with Gasteiger partial charge in [-0.3, -0.25) is 45.6 Å². The molecule has 0 unspecified atom stereocenters. The number of hydrogen-bond donors (Lipinski definition) is 12. The molecule has 98 heavy (non-hydrogen) atoms. The summed E-state index contributed by atoms with van der Waals surface area (Å²) >= 11 is 6.33. The third kappa shape index (κ3) is 64.5. The first kappa shape index (κ1) is 81.2. The van der Waals surface area contributed by atoms with Gasteiger partial charge in [0.25, 0.3) is 14.7 Å². The van der Waals surface area contributed by atoms with Crippen LogP contribution in [0.4, 0.5) is 14.4 Å². The van der Waals surface area contributed by atoms with Gasteiger partial charge in [-0.05, 0) is 109 Å². The number of thioether (sulfide) groups is 5. The monoisotopic (exact) mass is 1490 g/mol. The molecular formula is C60H113N21O12S5. The van der Waals surface area contributed by atoms with E-state index in [-0.39, 0.29) is 47.5 Å². The van der Waals surface area contributed by atoms with Gasteiger partial charge in [0.2, 0.25) is 11.8 Å². The van der Waals surface area contributed by atoms with Crippen LogP contribution in [0.3, 0.4) is 0 Å². The van der Waals surface area contributed by atoms with Gasteiger partial charge in [-0.15, -0.1) is 15.4 Å². The minimum atomic E-state index is -0.878. The van der Waals surface area contributed by atoms with Crippen LogP contribution in [0.1, 0.15) is 166 Å². The Kier molecular flexibility index (Phi) is 50.3. The van der Waals surface area contributed by atoms with E-state index in [2.05, 4.69) is 117 Å². The van der Waals surface area contributed by atoms with Crippen LogP contribution in [-0.4, -0.2) is 199 Å². The number of rotatable bonds is 18. The van der Waals surface area contributed by atoms with E-state index in [4.69, 9.17) is 14.2 Å². The summed E-state index contributed by atoms with van der Waals surface area (Å²) in [6.07, 6.45) is 6.00. The fraction of sp³-hybridized carbons (Fsp3) is 0.667. The van der Waals surface area contributed by atoms with E-state index < -0.39 is 18.3 Å². The van der Waals surface area contributed by atoms with E-state index in [9.17, 15) is 33.6 Å². The molecule has 4 saturated heterocycles. The lowest BCUT2D eigenvalue weighted by atomic mass is 10.1. The smallest absolute Gasteiger partial charge is 0.430 e. The fourth-order valence-electron chi connectivity index (χ4n) is 3.73. The third-order valence-electron chi connectivity index (χ3n) is 10.4. The average molecular weight is 1490 g/mol. The molecule has 0 atom stereocenters. The van der Waals surface area contributed by atoms with Gasteiger partial charge in [0.15, 0.2) is 34.3 Å². The Labute approximate surface area is 616 Å². The zero-order chi connectivity index (χ0) is 84.9. The Bertz CT molecular complexity index is 3060. The van der Waals surface area contributed by atoms with Crippen molar-refractivity contribution in [3.8, 4) is 0 Å². The summed E-state index contributed by atoms with van der Waals surface area (Å²) in [6, 6.07) is 0.121. The van der Waals surface area contributed by atoms with Gasteiger partial charge in [0, 0.05) is 61.1 Å². The second kappa shape index (κ2) is 60.7. The van der Waals surface area contributed by atoms with E-state index in [1.165, 1.54) is 85.7 Å². The predicted octanol–water partition coefficient (Wildman–Crippen LogP) is 11.6. The van der Waals surface area contributed by atoms with Gasteiger partial charge >= 0.3 is 21.1 Å². The number of carbonyl (C=O) groups is 7. The lowest BCUT2D eigenvalue weighted by Crippen LogP contribution is -2.31. The summed E-state index contributed by atoms with van der Waals surface area (Å²) in [4.78, 5) is 80.5. The van der Waals surface area contributed by atoms with Crippen molar-refractivity contribution in [1.29, 1.82) is 19.1 Å². The van der Waals surface area contributed by atoms with Crippen LogP contribution in [0.5, 0.6) is 0 Å². The standard InChI is InChI=1S/2C8H13N3OS.2C7H11N3OS.C7H15N3S.C5H10N2O2.C5H11NO2.C5H11NO.C4H9NO2.C4H9NO/c1-5(2)6(3)10-11-7(12)4-13-8(11)9;1-5(2)6(3)10-11-8-9-7(12)4-13-8;1-5(2)3-9-10-6(11)4-12-7(10)8;1-5(2)3-8-10-7-9-6(11)4-12-7;1-5(2)6(3)9-10-7(8)11-4;1-4(2)3-7-9-5(6)8;1-4(2)6(3)5(7)8;1-4(2)5(3)6-7;1-3(2)5-4(6)7;1-4(2)3-5-6/h5,9H,4H2,1-3H3;5H,4H2,1-3H3,(H,9,11,12);3,5,8H,4H2,1-2H3;3,5H,4H2,1-2H3,(H,9,10,11);5H,1-4H3,(H2,8,10);3-4H,1-2H3,(H2,6,8);4H,1-3H3,(H,7,8);4,7H,1-3H3;3,5H,1-2H3,(H,6,7);3-4,6H,1-2H3/b9-8?,10-6+;10-6+;8-7?,9-3+;8-3+;9-6+;7-3+;;6-5+;;5-3+/i/hD10. The number of oxime groups is 3. The highest BCUT2D eigenvalue weighted by Gasteiger charge is 2.28. The molecule has 33 nitrogen and oxygen atoms in total. The molecule has 0 aromatic rings. The van der Waals surface area contributed by atoms with Crippen LogP contribution in [0.2, 0.25) is 11.3 Å². The van der Waals surface area contributed by atoms with Crippen molar-refractivity contribution in [3.63, 3.8) is 0 Å². The lowest BCUT2D eigenvalue weighted by molar-refractivity contribution is -0.124. The highest BCUT2D eigenvalue weighted by atomic mass is 32.2. The van der Waals surface area contributed by atoms with E-state index >= 15 is 0 Å².